The molecule has 0 amide bonds. The van der Waals surface area contributed by atoms with Crippen molar-refractivity contribution in [1.82, 2.24) is 5.32 Å². The molecule has 0 radical (unpaired) electrons. The van der Waals surface area contributed by atoms with Gasteiger partial charge in [-0.25, -0.2) is 0 Å². The van der Waals surface area contributed by atoms with Gasteiger partial charge in [-0.3, -0.25) is 4.79 Å². The van der Waals surface area contributed by atoms with Crippen LogP contribution in [0.4, 0.5) is 0 Å². The molecule has 2 rings (SSSR count). The second-order valence-electron chi connectivity index (χ2n) is 4.85. The third kappa shape index (κ3) is 3.57. The van der Waals surface area contributed by atoms with Crippen LogP contribution in [0.1, 0.15) is 31.2 Å². The summed E-state index contributed by atoms with van der Waals surface area (Å²) >= 11 is 0. The van der Waals surface area contributed by atoms with E-state index < -0.39 is 0 Å². The molecule has 1 aliphatic heterocycles. The summed E-state index contributed by atoms with van der Waals surface area (Å²) < 4.78 is 5.17. The molecule has 1 aromatic carbocycles. The van der Waals surface area contributed by atoms with Crippen molar-refractivity contribution in [3.63, 3.8) is 0 Å². The van der Waals surface area contributed by atoms with Crippen LogP contribution in [-0.2, 0) is 11.2 Å². The Morgan fingerprint density at radius 3 is 3.11 bits per heavy atom. The Hall–Kier alpha value is -1.35. The number of rotatable bonds is 4. The number of methoxy groups -OCH3 is 1. The third-order valence-corrected chi connectivity index (χ3v) is 3.46. The van der Waals surface area contributed by atoms with Gasteiger partial charge < -0.3 is 10.1 Å². The molecule has 1 atom stereocenters. The van der Waals surface area contributed by atoms with Gasteiger partial charge in [-0.05, 0) is 37.1 Å². The van der Waals surface area contributed by atoms with E-state index in [4.69, 9.17) is 4.74 Å². The number of ether oxygens (including phenoxy) is 1. The van der Waals surface area contributed by atoms with Crippen molar-refractivity contribution in [1.29, 1.82) is 0 Å². The van der Waals surface area contributed by atoms with Crippen molar-refractivity contribution in [3.05, 3.63) is 29.8 Å². The topological polar surface area (TPSA) is 38.3 Å². The van der Waals surface area contributed by atoms with Gasteiger partial charge in [0.2, 0.25) is 0 Å². The lowest BCUT2D eigenvalue weighted by Gasteiger charge is -2.14. The molecular weight excluding hydrogens is 226 g/mol. The highest BCUT2D eigenvalue weighted by atomic mass is 16.5. The first kappa shape index (κ1) is 13.1. The smallest absolute Gasteiger partial charge is 0.154 e. The van der Waals surface area contributed by atoms with Gasteiger partial charge in [0.1, 0.15) is 5.75 Å². The Bertz CT molecular complexity index is 395. The summed E-state index contributed by atoms with van der Waals surface area (Å²) in [5, 5.41) is 3.35. The lowest BCUT2D eigenvalue weighted by molar-refractivity contribution is -0.120. The van der Waals surface area contributed by atoms with Crippen molar-refractivity contribution >= 4 is 5.78 Å². The number of Topliss-reactive ketones (excluding diaryl/α,β-unsaturated/α-hetero) is 1. The SMILES string of the molecule is COc1cccc(CC(=O)C2CCCCCN2)c1. The predicted molar refractivity (Wildman–Crippen MR) is 72.0 cm³/mol. The van der Waals surface area contributed by atoms with Crippen LogP contribution in [0.25, 0.3) is 0 Å². The zero-order valence-electron chi connectivity index (χ0n) is 10.9. The van der Waals surface area contributed by atoms with Gasteiger partial charge in [-0.2, -0.15) is 0 Å². The molecule has 3 nitrogen and oxygen atoms in total. The zero-order chi connectivity index (χ0) is 12.8. The molecule has 1 aliphatic rings. The number of carbonyl (C=O) groups excluding carboxylic acids is 1. The molecule has 98 valence electrons. The number of hydrogen-bond acceptors (Lipinski definition) is 3. The lowest BCUT2D eigenvalue weighted by atomic mass is 10.0. The molecule has 3 heteroatoms. The van der Waals surface area contributed by atoms with Crippen molar-refractivity contribution in [2.24, 2.45) is 0 Å². The van der Waals surface area contributed by atoms with E-state index in [1.54, 1.807) is 7.11 Å². The largest absolute Gasteiger partial charge is 0.497 e. The van der Waals surface area contributed by atoms with Crippen molar-refractivity contribution in [3.8, 4) is 5.75 Å². The zero-order valence-corrected chi connectivity index (χ0v) is 10.9. The van der Waals surface area contributed by atoms with Crippen molar-refractivity contribution in [2.45, 2.75) is 38.1 Å². The van der Waals surface area contributed by atoms with Crippen LogP contribution in [0, 0.1) is 0 Å². The quantitative estimate of drug-likeness (QED) is 0.887. The molecule has 0 aromatic heterocycles. The molecule has 1 unspecified atom stereocenters. The van der Waals surface area contributed by atoms with E-state index in [2.05, 4.69) is 5.32 Å². The molecule has 0 bridgehead atoms. The minimum absolute atomic E-state index is 0.0405. The van der Waals surface area contributed by atoms with Gasteiger partial charge in [0.05, 0.1) is 13.2 Å². The van der Waals surface area contributed by atoms with E-state index >= 15 is 0 Å². The summed E-state index contributed by atoms with van der Waals surface area (Å²) in [6, 6.07) is 7.80. The van der Waals surface area contributed by atoms with Crippen LogP contribution < -0.4 is 10.1 Å². The summed E-state index contributed by atoms with van der Waals surface area (Å²) in [5.74, 6) is 1.11. The lowest BCUT2D eigenvalue weighted by Crippen LogP contribution is -2.36. The fourth-order valence-corrected chi connectivity index (χ4v) is 2.41. The normalized spacial score (nSPS) is 20.2. The minimum Gasteiger partial charge on any atom is -0.497 e. The maximum absolute atomic E-state index is 12.2. The Kier molecular flexibility index (Phi) is 4.76. The van der Waals surface area contributed by atoms with E-state index in [9.17, 15) is 4.79 Å². The Morgan fingerprint density at radius 2 is 2.28 bits per heavy atom. The summed E-state index contributed by atoms with van der Waals surface area (Å²) in [5.41, 5.74) is 1.03. The minimum atomic E-state index is 0.0405. The average Bonchev–Trinajstić information content (AvgIpc) is 2.68. The average molecular weight is 247 g/mol. The molecule has 0 aliphatic carbocycles. The Morgan fingerprint density at radius 1 is 1.39 bits per heavy atom. The predicted octanol–water partition coefficient (Wildman–Crippen LogP) is 2.34. The summed E-state index contributed by atoms with van der Waals surface area (Å²) in [7, 11) is 1.65. The summed E-state index contributed by atoms with van der Waals surface area (Å²) in [4.78, 5) is 12.2. The fourth-order valence-electron chi connectivity index (χ4n) is 2.41. The first-order valence-corrected chi connectivity index (χ1v) is 6.68. The summed E-state index contributed by atoms with van der Waals surface area (Å²) in [6.45, 7) is 0.967. The highest BCUT2D eigenvalue weighted by Gasteiger charge is 2.19. The van der Waals surface area contributed by atoms with E-state index in [0.717, 1.165) is 30.7 Å². The molecule has 1 saturated heterocycles. The van der Waals surface area contributed by atoms with Gasteiger partial charge in [-0.1, -0.05) is 25.0 Å². The van der Waals surface area contributed by atoms with Gasteiger partial charge in [-0.15, -0.1) is 0 Å². The van der Waals surface area contributed by atoms with Crippen LogP contribution in [0.3, 0.4) is 0 Å². The van der Waals surface area contributed by atoms with Gasteiger partial charge in [0.15, 0.2) is 5.78 Å². The number of hydrogen-bond donors (Lipinski definition) is 1. The number of ketones is 1. The van der Waals surface area contributed by atoms with E-state index in [-0.39, 0.29) is 6.04 Å². The second-order valence-corrected chi connectivity index (χ2v) is 4.85. The van der Waals surface area contributed by atoms with Crippen LogP contribution in [0.5, 0.6) is 5.75 Å². The standard InChI is InChI=1S/C15H21NO2/c1-18-13-7-5-6-12(10-13)11-15(17)14-8-3-2-4-9-16-14/h5-7,10,14,16H,2-4,8-9,11H2,1H3. The van der Waals surface area contributed by atoms with Gasteiger partial charge in [0.25, 0.3) is 0 Å². The van der Waals surface area contributed by atoms with Crippen LogP contribution in [0.15, 0.2) is 24.3 Å². The number of nitrogens with one attached hydrogen (secondary N) is 1. The molecule has 1 N–H and O–H groups in total. The second kappa shape index (κ2) is 6.55. The molecule has 0 spiro atoms. The third-order valence-electron chi connectivity index (χ3n) is 3.46. The molecule has 1 heterocycles. The monoisotopic (exact) mass is 247 g/mol. The van der Waals surface area contributed by atoms with Crippen molar-refractivity contribution in [2.75, 3.05) is 13.7 Å². The Balaban J connectivity index is 1.96. The van der Waals surface area contributed by atoms with Crippen LogP contribution >= 0.6 is 0 Å². The van der Waals surface area contributed by atoms with Crippen LogP contribution in [0.2, 0.25) is 0 Å². The highest BCUT2D eigenvalue weighted by molar-refractivity contribution is 5.86. The highest BCUT2D eigenvalue weighted by Crippen LogP contribution is 2.15. The molecule has 1 fully saturated rings. The van der Waals surface area contributed by atoms with Crippen LogP contribution in [-0.4, -0.2) is 25.5 Å². The summed E-state index contributed by atoms with van der Waals surface area (Å²) in [6.07, 6.45) is 5.04. The van der Waals surface area contributed by atoms with Gasteiger partial charge >= 0.3 is 0 Å². The first-order chi connectivity index (χ1) is 8.79. The van der Waals surface area contributed by atoms with Crippen molar-refractivity contribution < 1.29 is 9.53 Å². The van der Waals surface area contributed by atoms with E-state index in [1.807, 2.05) is 24.3 Å². The maximum atomic E-state index is 12.2. The molecule has 1 aromatic rings. The maximum Gasteiger partial charge on any atom is 0.154 e. The number of carbonyl (C=O) groups is 1. The molecule has 0 saturated carbocycles. The first-order valence-electron chi connectivity index (χ1n) is 6.68. The van der Waals surface area contributed by atoms with Gasteiger partial charge in [0, 0.05) is 6.42 Å². The fraction of sp³-hybridized carbons (Fsp3) is 0.533. The van der Waals surface area contributed by atoms with E-state index in [0.29, 0.717) is 12.2 Å². The Labute approximate surface area is 109 Å². The molecular formula is C15H21NO2. The van der Waals surface area contributed by atoms with E-state index in [1.165, 1.54) is 12.8 Å². The number of benzene rings is 1. The molecule has 18 heavy (non-hydrogen) atoms.